The Morgan fingerprint density at radius 1 is 1.23 bits per heavy atom. The molecule has 0 saturated carbocycles. The normalized spacial score (nSPS) is 32.8. The maximum absolute atomic E-state index is 9.95. The SMILES string of the molecule is CC[Si]1(CC)CC(O)C(N(C)C)C1. The van der Waals surface area contributed by atoms with Crippen LogP contribution in [-0.2, 0) is 0 Å². The molecular weight excluding hydrogens is 178 g/mol. The molecular formula is C10H23NOSi. The van der Waals surface area contributed by atoms with Crippen molar-refractivity contribution in [2.24, 2.45) is 0 Å². The van der Waals surface area contributed by atoms with Crippen LogP contribution in [0.4, 0.5) is 0 Å². The van der Waals surface area contributed by atoms with Crippen LogP contribution >= 0.6 is 0 Å². The quantitative estimate of drug-likeness (QED) is 0.704. The van der Waals surface area contributed by atoms with Crippen molar-refractivity contribution in [3.8, 4) is 0 Å². The molecule has 1 fully saturated rings. The van der Waals surface area contributed by atoms with Crippen molar-refractivity contribution in [1.29, 1.82) is 0 Å². The molecule has 0 radical (unpaired) electrons. The molecule has 0 aromatic rings. The number of nitrogens with zero attached hydrogens (tertiary/aromatic N) is 1. The predicted molar refractivity (Wildman–Crippen MR) is 59.8 cm³/mol. The lowest BCUT2D eigenvalue weighted by molar-refractivity contribution is 0.111. The number of hydrogen-bond donors (Lipinski definition) is 1. The van der Waals surface area contributed by atoms with E-state index in [0.717, 1.165) is 6.04 Å². The van der Waals surface area contributed by atoms with Crippen LogP contribution in [0.2, 0.25) is 24.2 Å². The van der Waals surface area contributed by atoms with E-state index in [4.69, 9.17) is 0 Å². The van der Waals surface area contributed by atoms with Gasteiger partial charge in [-0.3, -0.25) is 0 Å². The van der Waals surface area contributed by atoms with E-state index in [1.807, 2.05) is 0 Å². The summed E-state index contributed by atoms with van der Waals surface area (Å²) >= 11 is 0. The summed E-state index contributed by atoms with van der Waals surface area (Å²) in [5.74, 6) is 0. The van der Waals surface area contributed by atoms with Gasteiger partial charge in [-0.25, -0.2) is 0 Å². The predicted octanol–water partition coefficient (Wildman–Crippen LogP) is 1.78. The molecule has 0 spiro atoms. The molecule has 2 unspecified atom stereocenters. The number of aliphatic hydroxyl groups is 1. The number of hydrogen-bond acceptors (Lipinski definition) is 2. The van der Waals surface area contributed by atoms with Crippen LogP contribution in [0.3, 0.4) is 0 Å². The molecule has 13 heavy (non-hydrogen) atoms. The van der Waals surface area contributed by atoms with Crippen LogP contribution in [0.1, 0.15) is 13.8 Å². The fourth-order valence-corrected chi connectivity index (χ4v) is 7.10. The lowest BCUT2D eigenvalue weighted by Gasteiger charge is -2.25. The molecule has 1 saturated heterocycles. The van der Waals surface area contributed by atoms with Crippen LogP contribution in [-0.4, -0.2) is 44.3 Å². The number of likely N-dealkylation sites (N-methyl/N-ethyl adjacent to an activating group) is 1. The molecule has 1 aliphatic rings. The van der Waals surface area contributed by atoms with Gasteiger partial charge < -0.3 is 10.0 Å². The van der Waals surface area contributed by atoms with Crippen LogP contribution in [0, 0.1) is 0 Å². The summed E-state index contributed by atoms with van der Waals surface area (Å²) in [6, 6.07) is 5.54. The van der Waals surface area contributed by atoms with Gasteiger partial charge in [-0.1, -0.05) is 25.9 Å². The Hall–Kier alpha value is 0.137. The topological polar surface area (TPSA) is 23.5 Å². The maximum atomic E-state index is 9.95. The average molecular weight is 201 g/mol. The smallest absolute Gasteiger partial charge is 0.0669 e. The minimum absolute atomic E-state index is 0.0541. The zero-order valence-corrected chi connectivity index (χ0v) is 10.4. The highest BCUT2D eigenvalue weighted by Gasteiger charge is 2.44. The molecule has 0 aromatic carbocycles. The zero-order valence-electron chi connectivity index (χ0n) is 9.38. The third kappa shape index (κ3) is 2.14. The third-order valence-electron chi connectivity index (χ3n) is 3.89. The van der Waals surface area contributed by atoms with Crippen molar-refractivity contribution in [3.63, 3.8) is 0 Å². The first-order valence-corrected chi connectivity index (χ1v) is 8.22. The summed E-state index contributed by atoms with van der Waals surface area (Å²) in [5.41, 5.74) is 0. The van der Waals surface area contributed by atoms with Gasteiger partial charge in [0.1, 0.15) is 0 Å². The molecule has 2 nitrogen and oxygen atoms in total. The Balaban J connectivity index is 2.67. The van der Waals surface area contributed by atoms with Gasteiger partial charge in [0.25, 0.3) is 0 Å². The van der Waals surface area contributed by atoms with Gasteiger partial charge in [0.15, 0.2) is 0 Å². The second kappa shape index (κ2) is 4.11. The molecule has 0 bridgehead atoms. The Kier molecular flexibility index (Phi) is 3.55. The second-order valence-electron chi connectivity index (χ2n) is 4.71. The molecule has 0 aliphatic carbocycles. The first-order chi connectivity index (χ1) is 6.04. The second-order valence-corrected chi connectivity index (χ2v) is 9.94. The van der Waals surface area contributed by atoms with E-state index >= 15 is 0 Å². The van der Waals surface area contributed by atoms with Crippen molar-refractivity contribution in [1.82, 2.24) is 4.90 Å². The van der Waals surface area contributed by atoms with Crippen molar-refractivity contribution in [3.05, 3.63) is 0 Å². The molecule has 78 valence electrons. The van der Waals surface area contributed by atoms with E-state index in [0.29, 0.717) is 6.04 Å². The molecule has 1 heterocycles. The molecule has 0 aromatic heterocycles. The van der Waals surface area contributed by atoms with Crippen LogP contribution < -0.4 is 0 Å². The van der Waals surface area contributed by atoms with Crippen molar-refractivity contribution >= 4 is 8.07 Å². The monoisotopic (exact) mass is 201 g/mol. The van der Waals surface area contributed by atoms with E-state index in [-0.39, 0.29) is 6.10 Å². The maximum Gasteiger partial charge on any atom is 0.0669 e. The molecule has 2 atom stereocenters. The lowest BCUT2D eigenvalue weighted by Crippen LogP contribution is -2.35. The number of rotatable bonds is 3. The summed E-state index contributed by atoms with van der Waals surface area (Å²) in [7, 11) is 3.11. The molecule has 3 heteroatoms. The Morgan fingerprint density at radius 3 is 2.00 bits per heavy atom. The fraction of sp³-hybridized carbons (Fsp3) is 1.00. The van der Waals surface area contributed by atoms with Crippen LogP contribution in [0.5, 0.6) is 0 Å². The summed E-state index contributed by atoms with van der Waals surface area (Å²) in [5, 5.41) is 9.95. The van der Waals surface area contributed by atoms with Gasteiger partial charge in [-0.05, 0) is 26.2 Å². The van der Waals surface area contributed by atoms with Gasteiger partial charge >= 0.3 is 0 Å². The van der Waals surface area contributed by atoms with Crippen molar-refractivity contribution in [2.45, 2.75) is 50.2 Å². The standard InChI is InChI=1S/C10H23NOSi/c1-5-13(6-2)7-9(11(3)4)10(12)8-13/h9-10,12H,5-8H2,1-4H3. The van der Waals surface area contributed by atoms with Gasteiger partial charge in [-0.15, -0.1) is 0 Å². The fourth-order valence-electron chi connectivity index (χ4n) is 2.60. The molecule has 0 amide bonds. The first kappa shape index (κ1) is 11.2. The zero-order chi connectivity index (χ0) is 10.1. The molecule has 1 rings (SSSR count). The summed E-state index contributed by atoms with van der Waals surface area (Å²) in [6.45, 7) is 4.61. The Labute approximate surface area is 83.0 Å². The minimum atomic E-state index is -1.06. The van der Waals surface area contributed by atoms with E-state index in [9.17, 15) is 5.11 Å². The summed E-state index contributed by atoms with van der Waals surface area (Å²) < 4.78 is 0. The highest BCUT2D eigenvalue weighted by molar-refractivity contribution is 6.80. The van der Waals surface area contributed by atoms with Gasteiger partial charge in [0.2, 0.25) is 0 Å². The highest BCUT2D eigenvalue weighted by Crippen LogP contribution is 2.38. The van der Waals surface area contributed by atoms with Crippen molar-refractivity contribution < 1.29 is 5.11 Å². The van der Waals surface area contributed by atoms with Gasteiger partial charge in [-0.2, -0.15) is 0 Å². The Morgan fingerprint density at radius 2 is 1.77 bits per heavy atom. The summed E-state index contributed by atoms with van der Waals surface area (Å²) in [6.07, 6.45) is -0.0541. The van der Waals surface area contributed by atoms with Gasteiger partial charge in [0.05, 0.1) is 14.2 Å². The molecule has 1 aliphatic heterocycles. The number of aliphatic hydroxyl groups excluding tert-OH is 1. The van der Waals surface area contributed by atoms with Crippen molar-refractivity contribution in [2.75, 3.05) is 14.1 Å². The van der Waals surface area contributed by atoms with Gasteiger partial charge in [0, 0.05) is 6.04 Å². The average Bonchev–Trinajstić information content (AvgIpc) is 2.44. The summed E-state index contributed by atoms with van der Waals surface area (Å²) in [4.78, 5) is 2.20. The third-order valence-corrected chi connectivity index (χ3v) is 9.46. The largest absolute Gasteiger partial charge is 0.392 e. The minimum Gasteiger partial charge on any atom is -0.392 e. The van der Waals surface area contributed by atoms with Crippen LogP contribution in [0.15, 0.2) is 0 Å². The lowest BCUT2D eigenvalue weighted by atomic mass is 10.2. The van der Waals surface area contributed by atoms with E-state index in [1.54, 1.807) is 0 Å². The first-order valence-electron chi connectivity index (χ1n) is 5.39. The van der Waals surface area contributed by atoms with E-state index < -0.39 is 8.07 Å². The highest BCUT2D eigenvalue weighted by atomic mass is 28.3. The molecule has 1 N–H and O–H groups in total. The van der Waals surface area contributed by atoms with E-state index in [1.165, 1.54) is 18.1 Å². The van der Waals surface area contributed by atoms with E-state index in [2.05, 4.69) is 32.8 Å². The Bertz CT molecular complexity index is 168. The van der Waals surface area contributed by atoms with Crippen LogP contribution in [0.25, 0.3) is 0 Å².